The molecule has 0 aliphatic rings. The first-order valence-electron chi connectivity index (χ1n) is 7.82. The van der Waals surface area contributed by atoms with Gasteiger partial charge in [0, 0.05) is 17.8 Å². The highest BCUT2D eigenvalue weighted by atomic mass is 32.1. The Morgan fingerprint density at radius 2 is 1.32 bits per heavy atom. The Balaban J connectivity index is 2.00. The second-order valence-electron chi connectivity index (χ2n) is 5.74. The lowest BCUT2D eigenvalue weighted by Crippen LogP contribution is -2.10. The number of nitriles is 2. The Bertz CT molecular complexity index is 1190. The fourth-order valence-corrected chi connectivity index (χ4v) is 4.46. The number of fused-ring (bicyclic) bond motifs is 3. The minimum Gasteiger partial charge on any atom is -0.342 e. The second kappa shape index (κ2) is 5.94. The highest BCUT2D eigenvalue weighted by molar-refractivity contribution is 7.26. The molecule has 0 bridgehead atoms. The third-order valence-electron chi connectivity index (χ3n) is 4.37. The molecule has 4 heteroatoms. The summed E-state index contributed by atoms with van der Waals surface area (Å²) in [6, 6.07) is 24.1. The average molecular weight is 339 g/mol. The third kappa shape index (κ3) is 2.32. The molecule has 0 aliphatic carbocycles. The van der Waals surface area contributed by atoms with Crippen molar-refractivity contribution >= 4 is 42.9 Å². The zero-order valence-corrected chi connectivity index (χ0v) is 14.3. The zero-order chi connectivity index (χ0) is 17.4. The standard InChI is InChI=1S/C21H13N3S/c1-24(18-10-3-2-6-14(18)12-22)19-11-5-9-17-16-8-4-7-15(13-23)20(16)25-21(17)19/h2-11H,1H3. The van der Waals surface area contributed by atoms with Crippen molar-refractivity contribution in [2.75, 3.05) is 11.9 Å². The van der Waals surface area contributed by atoms with E-state index in [0.717, 1.165) is 31.5 Å². The number of rotatable bonds is 2. The van der Waals surface area contributed by atoms with Gasteiger partial charge in [-0.15, -0.1) is 11.3 Å². The molecule has 1 heterocycles. The van der Waals surface area contributed by atoms with Crippen molar-refractivity contribution in [3.8, 4) is 12.1 Å². The topological polar surface area (TPSA) is 50.8 Å². The van der Waals surface area contributed by atoms with Crippen LogP contribution in [0.2, 0.25) is 0 Å². The van der Waals surface area contributed by atoms with E-state index in [4.69, 9.17) is 0 Å². The first kappa shape index (κ1) is 15.2. The molecule has 0 aliphatic heterocycles. The van der Waals surface area contributed by atoms with Gasteiger partial charge >= 0.3 is 0 Å². The van der Waals surface area contributed by atoms with Gasteiger partial charge < -0.3 is 4.90 Å². The first-order chi connectivity index (χ1) is 12.2. The van der Waals surface area contributed by atoms with E-state index in [0.29, 0.717) is 11.1 Å². The van der Waals surface area contributed by atoms with Crippen LogP contribution in [0.25, 0.3) is 20.2 Å². The molecule has 0 N–H and O–H groups in total. The fourth-order valence-electron chi connectivity index (χ4n) is 3.15. The van der Waals surface area contributed by atoms with E-state index in [2.05, 4.69) is 30.3 Å². The van der Waals surface area contributed by atoms with Gasteiger partial charge in [0.15, 0.2) is 0 Å². The molecule has 3 nitrogen and oxygen atoms in total. The summed E-state index contributed by atoms with van der Waals surface area (Å²) >= 11 is 1.63. The van der Waals surface area contributed by atoms with Crippen LogP contribution in [-0.2, 0) is 0 Å². The summed E-state index contributed by atoms with van der Waals surface area (Å²) in [5, 5.41) is 21.0. The summed E-state index contributed by atoms with van der Waals surface area (Å²) in [5.74, 6) is 0. The average Bonchev–Trinajstić information content (AvgIpc) is 3.06. The zero-order valence-electron chi connectivity index (χ0n) is 13.5. The van der Waals surface area contributed by atoms with Crippen LogP contribution in [-0.4, -0.2) is 7.05 Å². The second-order valence-corrected chi connectivity index (χ2v) is 6.76. The quantitative estimate of drug-likeness (QED) is 0.480. The highest BCUT2D eigenvalue weighted by Crippen LogP contribution is 2.42. The summed E-state index contributed by atoms with van der Waals surface area (Å²) < 4.78 is 2.13. The molecule has 4 aromatic rings. The Morgan fingerprint density at radius 1 is 0.720 bits per heavy atom. The van der Waals surface area contributed by atoms with E-state index >= 15 is 0 Å². The van der Waals surface area contributed by atoms with Crippen molar-refractivity contribution in [3.05, 3.63) is 71.8 Å². The fraction of sp³-hybridized carbons (Fsp3) is 0.0476. The molecule has 0 saturated heterocycles. The monoisotopic (exact) mass is 339 g/mol. The SMILES string of the molecule is CN(c1ccccc1C#N)c1cccc2c1sc1c(C#N)cccc12. The number of para-hydroxylation sites is 1. The lowest BCUT2D eigenvalue weighted by atomic mass is 10.1. The molecule has 0 spiro atoms. The number of anilines is 2. The van der Waals surface area contributed by atoms with Crippen LogP contribution in [0, 0.1) is 22.7 Å². The maximum absolute atomic E-state index is 9.40. The van der Waals surface area contributed by atoms with E-state index in [9.17, 15) is 10.5 Å². The van der Waals surface area contributed by atoms with Gasteiger partial charge in [-0.05, 0) is 24.3 Å². The van der Waals surface area contributed by atoms with Crippen LogP contribution in [0.4, 0.5) is 11.4 Å². The summed E-state index contributed by atoms with van der Waals surface area (Å²) in [7, 11) is 1.97. The van der Waals surface area contributed by atoms with Gasteiger partial charge in [-0.25, -0.2) is 0 Å². The minimum absolute atomic E-state index is 0.640. The van der Waals surface area contributed by atoms with E-state index in [-0.39, 0.29) is 0 Å². The molecule has 4 rings (SSSR count). The number of thiophene rings is 1. The van der Waals surface area contributed by atoms with Crippen molar-refractivity contribution in [2.45, 2.75) is 0 Å². The number of nitrogens with zero attached hydrogens (tertiary/aromatic N) is 3. The van der Waals surface area contributed by atoms with Gasteiger partial charge in [0.25, 0.3) is 0 Å². The van der Waals surface area contributed by atoms with Gasteiger partial charge in [-0.2, -0.15) is 10.5 Å². The predicted molar refractivity (Wildman–Crippen MR) is 103 cm³/mol. The molecular formula is C21H13N3S. The highest BCUT2D eigenvalue weighted by Gasteiger charge is 2.16. The van der Waals surface area contributed by atoms with Gasteiger partial charge in [0.05, 0.1) is 31.9 Å². The number of hydrogen-bond donors (Lipinski definition) is 0. The lowest BCUT2D eigenvalue weighted by Gasteiger charge is -2.21. The number of hydrogen-bond acceptors (Lipinski definition) is 4. The molecular weight excluding hydrogens is 326 g/mol. The van der Waals surface area contributed by atoms with E-state index in [1.54, 1.807) is 11.3 Å². The normalized spacial score (nSPS) is 10.5. The Kier molecular flexibility index (Phi) is 3.61. The summed E-state index contributed by atoms with van der Waals surface area (Å²) in [6.45, 7) is 0. The Hall–Kier alpha value is -3.34. The van der Waals surface area contributed by atoms with E-state index < -0.39 is 0 Å². The summed E-state index contributed by atoms with van der Waals surface area (Å²) in [4.78, 5) is 2.04. The lowest BCUT2D eigenvalue weighted by molar-refractivity contribution is 1.21. The van der Waals surface area contributed by atoms with Crippen molar-refractivity contribution in [1.29, 1.82) is 10.5 Å². The Morgan fingerprint density at radius 3 is 2.08 bits per heavy atom. The van der Waals surface area contributed by atoms with Gasteiger partial charge in [-0.1, -0.05) is 36.4 Å². The summed E-state index contributed by atoms with van der Waals surface area (Å²) in [6.07, 6.45) is 0. The maximum Gasteiger partial charge on any atom is 0.101 e. The van der Waals surface area contributed by atoms with Crippen LogP contribution in [0.3, 0.4) is 0 Å². The molecule has 118 valence electrons. The molecule has 0 unspecified atom stereocenters. The molecule has 25 heavy (non-hydrogen) atoms. The van der Waals surface area contributed by atoms with Crippen LogP contribution < -0.4 is 4.90 Å². The van der Waals surface area contributed by atoms with Crippen LogP contribution >= 0.6 is 11.3 Å². The Labute approximate surface area is 149 Å². The van der Waals surface area contributed by atoms with Crippen molar-refractivity contribution in [2.24, 2.45) is 0 Å². The van der Waals surface area contributed by atoms with Gasteiger partial charge in [-0.3, -0.25) is 0 Å². The molecule has 0 radical (unpaired) electrons. The van der Waals surface area contributed by atoms with Crippen molar-refractivity contribution in [1.82, 2.24) is 0 Å². The molecule has 0 saturated carbocycles. The van der Waals surface area contributed by atoms with Crippen LogP contribution in [0.1, 0.15) is 11.1 Å². The van der Waals surface area contributed by atoms with Crippen LogP contribution in [0.5, 0.6) is 0 Å². The van der Waals surface area contributed by atoms with Gasteiger partial charge in [0.2, 0.25) is 0 Å². The smallest absolute Gasteiger partial charge is 0.101 e. The van der Waals surface area contributed by atoms with Crippen molar-refractivity contribution in [3.63, 3.8) is 0 Å². The number of benzene rings is 3. The van der Waals surface area contributed by atoms with Gasteiger partial charge in [0.1, 0.15) is 12.1 Å². The van der Waals surface area contributed by atoms with E-state index in [1.165, 1.54) is 0 Å². The summed E-state index contributed by atoms with van der Waals surface area (Å²) in [5.41, 5.74) is 3.24. The predicted octanol–water partition coefficient (Wildman–Crippen LogP) is 5.57. The largest absolute Gasteiger partial charge is 0.342 e. The molecule has 0 fully saturated rings. The van der Waals surface area contributed by atoms with Crippen LogP contribution in [0.15, 0.2) is 60.7 Å². The molecule has 1 aromatic heterocycles. The molecule has 0 atom stereocenters. The van der Waals surface area contributed by atoms with E-state index in [1.807, 2.05) is 54.4 Å². The first-order valence-corrected chi connectivity index (χ1v) is 8.63. The molecule has 3 aromatic carbocycles. The van der Waals surface area contributed by atoms with Crippen molar-refractivity contribution < 1.29 is 0 Å². The minimum atomic E-state index is 0.640. The maximum atomic E-state index is 9.40. The third-order valence-corrected chi connectivity index (χ3v) is 5.65. The molecule has 0 amide bonds.